The number of hydroxylamine groups is 1. The Labute approximate surface area is 68.9 Å². The van der Waals surface area contributed by atoms with Gasteiger partial charge in [-0.3, -0.25) is 4.84 Å². The van der Waals surface area contributed by atoms with E-state index in [1.165, 1.54) is 25.8 Å². The molecule has 2 N–H and O–H groups in total. The highest BCUT2D eigenvalue weighted by atomic mass is 16.7. The normalized spacial score (nSPS) is 9.42. The van der Waals surface area contributed by atoms with Gasteiger partial charge in [-0.15, -0.1) is 0 Å². The second kappa shape index (κ2) is 3.63. The minimum Gasteiger partial charge on any atom is -0.349 e. The molecule has 0 spiro atoms. The van der Waals surface area contributed by atoms with E-state index < -0.39 is 6.03 Å². The molecule has 0 aromatic carbocycles. The number of amides is 2. The number of carbonyl (C=O) groups is 1. The van der Waals surface area contributed by atoms with E-state index in [0.29, 0.717) is 5.69 Å². The van der Waals surface area contributed by atoms with Crippen molar-refractivity contribution < 1.29 is 9.63 Å². The lowest BCUT2D eigenvalue weighted by Gasteiger charge is -2.15. The highest BCUT2D eigenvalue weighted by molar-refractivity contribution is 5.87. The third-order valence-electron chi connectivity index (χ3n) is 1.16. The van der Waals surface area contributed by atoms with Crippen molar-refractivity contribution in [1.82, 2.24) is 9.97 Å². The maximum absolute atomic E-state index is 10.7. The first-order valence-electron chi connectivity index (χ1n) is 3.14. The SMILES string of the molecule is CON(C(N)=O)c1cncnc1. The fourth-order valence-corrected chi connectivity index (χ4v) is 0.719. The third kappa shape index (κ3) is 1.67. The molecule has 0 atom stereocenters. The summed E-state index contributed by atoms with van der Waals surface area (Å²) in [6.45, 7) is 0. The molecule has 0 unspecified atom stereocenters. The number of aromatic nitrogens is 2. The molecule has 6 nitrogen and oxygen atoms in total. The van der Waals surface area contributed by atoms with Gasteiger partial charge < -0.3 is 5.73 Å². The van der Waals surface area contributed by atoms with Crippen molar-refractivity contribution in [3.05, 3.63) is 18.7 Å². The topological polar surface area (TPSA) is 81.3 Å². The summed E-state index contributed by atoms with van der Waals surface area (Å²) in [6, 6.07) is -0.715. The molecule has 0 saturated heterocycles. The van der Waals surface area contributed by atoms with Crippen LogP contribution in [0.2, 0.25) is 0 Å². The summed E-state index contributed by atoms with van der Waals surface area (Å²) in [6.07, 6.45) is 4.18. The fraction of sp³-hybridized carbons (Fsp3) is 0.167. The van der Waals surface area contributed by atoms with Gasteiger partial charge in [0.1, 0.15) is 12.0 Å². The van der Waals surface area contributed by atoms with Crippen LogP contribution < -0.4 is 10.8 Å². The monoisotopic (exact) mass is 168 g/mol. The molecule has 1 aromatic heterocycles. The van der Waals surface area contributed by atoms with Gasteiger partial charge in [0.15, 0.2) is 0 Å². The number of hydrogen-bond donors (Lipinski definition) is 1. The molecule has 0 radical (unpaired) electrons. The lowest BCUT2D eigenvalue weighted by Crippen LogP contribution is -2.34. The molecular formula is C6H8N4O2. The Kier molecular flexibility index (Phi) is 2.54. The van der Waals surface area contributed by atoms with Gasteiger partial charge in [0, 0.05) is 0 Å². The average Bonchev–Trinajstić information content (AvgIpc) is 2.07. The van der Waals surface area contributed by atoms with Crippen LogP contribution >= 0.6 is 0 Å². The van der Waals surface area contributed by atoms with E-state index in [9.17, 15) is 4.79 Å². The molecule has 1 heterocycles. The van der Waals surface area contributed by atoms with Gasteiger partial charge in [-0.1, -0.05) is 0 Å². The minimum absolute atomic E-state index is 0.396. The summed E-state index contributed by atoms with van der Waals surface area (Å²) in [5, 5.41) is 0.889. The lowest BCUT2D eigenvalue weighted by atomic mass is 10.5. The largest absolute Gasteiger partial charge is 0.349 e. The molecule has 0 aliphatic carbocycles. The molecule has 6 heteroatoms. The predicted octanol–water partition coefficient (Wildman–Crippen LogP) is -0.0769. The van der Waals surface area contributed by atoms with Crippen molar-refractivity contribution in [3.8, 4) is 0 Å². The van der Waals surface area contributed by atoms with Crippen LogP contribution in [-0.2, 0) is 4.84 Å². The molecular weight excluding hydrogens is 160 g/mol. The van der Waals surface area contributed by atoms with Gasteiger partial charge in [-0.05, 0) is 0 Å². The Morgan fingerprint density at radius 3 is 2.58 bits per heavy atom. The predicted molar refractivity (Wildman–Crippen MR) is 41.1 cm³/mol. The quantitative estimate of drug-likeness (QED) is 0.626. The maximum atomic E-state index is 10.7. The summed E-state index contributed by atoms with van der Waals surface area (Å²) in [4.78, 5) is 22.8. The fourth-order valence-electron chi connectivity index (χ4n) is 0.719. The zero-order valence-electron chi connectivity index (χ0n) is 6.47. The summed E-state index contributed by atoms with van der Waals surface area (Å²) >= 11 is 0. The van der Waals surface area contributed by atoms with Gasteiger partial charge in [-0.2, -0.15) is 5.06 Å². The van der Waals surface area contributed by atoms with Crippen LogP contribution in [0.15, 0.2) is 18.7 Å². The molecule has 64 valence electrons. The first-order valence-corrected chi connectivity index (χ1v) is 3.14. The van der Waals surface area contributed by atoms with Gasteiger partial charge in [0.25, 0.3) is 0 Å². The van der Waals surface area contributed by atoms with E-state index in [2.05, 4.69) is 14.8 Å². The van der Waals surface area contributed by atoms with Crippen LogP contribution in [0.3, 0.4) is 0 Å². The molecule has 1 aromatic rings. The first kappa shape index (κ1) is 8.41. The number of nitrogens with two attached hydrogens (primary N) is 1. The van der Waals surface area contributed by atoms with Crippen molar-refractivity contribution in [2.75, 3.05) is 12.2 Å². The van der Waals surface area contributed by atoms with Crippen molar-refractivity contribution in [2.24, 2.45) is 5.73 Å². The Bertz CT molecular complexity index is 264. The zero-order chi connectivity index (χ0) is 8.97. The molecule has 0 bridgehead atoms. The minimum atomic E-state index is -0.715. The number of carbonyl (C=O) groups excluding carboxylic acids is 1. The zero-order valence-corrected chi connectivity index (χ0v) is 6.47. The summed E-state index contributed by atoms with van der Waals surface area (Å²) < 4.78 is 0. The van der Waals surface area contributed by atoms with Crippen LogP contribution in [-0.4, -0.2) is 23.1 Å². The first-order chi connectivity index (χ1) is 5.75. The smallest absolute Gasteiger partial charge is 0.343 e. The van der Waals surface area contributed by atoms with Crippen LogP contribution in [0.25, 0.3) is 0 Å². The third-order valence-corrected chi connectivity index (χ3v) is 1.16. The van der Waals surface area contributed by atoms with Crippen molar-refractivity contribution in [2.45, 2.75) is 0 Å². The van der Waals surface area contributed by atoms with Crippen LogP contribution in [0, 0.1) is 0 Å². The number of primary amides is 1. The highest BCUT2D eigenvalue weighted by Gasteiger charge is 2.10. The van der Waals surface area contributed by atoms with E-state index >= 15 is 0 Å². The number of nitrogens with zero attached hydrogens (tertiary/aromatic N) is 3. The second-order valence-electron chi connectivity index (χ2n) is 1.91. The van der Waals surface area contributed by atoms with Gasteiger partial charge in [0.2, 0.25) is 0 Å². The van der Waals surface area contributed by atoms with Gasteiger partial charge in [0.05, 0.1) is 19.5 Å². The summed E-state index contributed by atoms with van der Waals surface area (Å²) in [7, 11) is 1.33. The van der Waals surface area contributed by atoms with E-state index in [1.54, 1.807) is 0 Å². The van der Waals surface area contributed by atoms with Crippen molar-refractivity contribution >= 4 is 11.7 Å². The number of anilines is 1. The van der Waals surface area contributed by atoms with Gasteiger partial charge >= 0.3 is 6.03 Å². The number of rotatable bonds is 2. The Morgan fingerprint density at radius 1 is 1.58 bits per heavy atom. The summed E-state index contributed by atoms with van der Waals surface area (Å²) in [5.41, 5.74) is 5.38. The Hall–Kier alpha value is -1.69. The van der Waals surface area contributed by atoms with Crippen LogP contribution in [0.5, 0.6) is 0 Å². The Morgan fingerprint density at radius 2 is 2.17 bits per heavy atom. The van der Waals surface area contributed by atoms with E-state index in [0.717, 1.165) is 5.06 Å². The molecule has 0 saturated carbocycles. The van der Waals surface area contributed by atoms with Crippen LogP contribution in [0.4, 0.5) is 10.5 Å². The van der Waals surface area contributed by atoms with E-state index in [-0.39, 0.29) is 0 Å². The van der Waals surface area contributed by atoms with E-state index in [1.807, 2.05) is 0 Å². The van der Waals surface area contributed by atoms with Crippen molar-refractivity contribution in [1.29, 1.82) is 0 Å². The molecule has 12 heavy (non-hydrogen) atoms. The Balaban J connectivity index is 2.88. The number of urea groups is 1. The summed E-state index contributed by atoms with van der Waals surface area (Å²) in [5.74, 6) is 0. The van der Waals surface area contributed by atoms with Crippen LogP contribution in [0.1, 0.15) is 0 Å². The van der Waals surface area contributed by atoms with Crippen molar-refractivity contribution in [3.63, 3.8) is 0 Å². The molecule has 1 rings (SSSR count). The standard InChI is InChI=1S/C6H8N4O2/c1-12-10(6(7)11)5-2-8-4-9-3-5/h2-4H,1H3,(H2,7,11). The van der Waals surface area contributed by atoms with E-state index in [4.69, 9.17) is 5.73 Å². The average molecular weight is 168 g/mol. The molecule has 0 aliphatic heterocycles. The highest BCUT2D eigenvalue weighted by Crippen LogP contribution is 2.08. The van der Waals surface area contributed by atoms with Gasteiger partial charge in [-0.25, -0.2) is 14.8 Å². The molecule has 2 amide bonds. The second-order valence-corrected chi connectivity index (χ2v) is 1.91. The number of hydrogen-bond acceptors (Lipinski definition) is 4. The maximum Gasteiger partial charge on any atom is 0.343 e. The molecule has 0 fully saturated rings. The molecule has 0 aliphatic rings. The lowest BCUT2D eigenvalue weighted by molar-refractivity contribution is 0.168.